The Morgan fingerprint density at radius 3 is 2.41 bits per heavy atom. The Balaban J connectivity index is 1.62. The number of para-hydroxylation sites is 1. The predicted molar refractivity (Wildman–Crippen MR) is 107 cm³/mol. The first-order valence-electron chi connectivity index (χ1n) is 9.28. The molecular formula is C24H19F2NO2. The van der Waals surface area contributed by atoms with Crippen molar-refractivity contribution in [1.29, 1.82) is 0 Å². The van der Waals surface area contributed by atoms with Gasteiger partial charge in [0, 0.05) is 23.8 Å². The second-order valence-electron chi connectivity index (χ2n) is 7.51. The van der Waals surface area contributed by atoms with E-state index in [1.54, 1.807) is 12.3 Å². The molecule has 3 aromatic rings. The molecule has 146 valence electrons. The van der Waals surface area contributed by atoms with Crippen LogP contribution in [0.15, 0.2) is 66.9 Å². The third-order valence-corrected chi connectivity index (χ3v) is 4.75. The van der Waals surface area contributed by atoms with E-state index in [0.29, 0.717) is 5.56 Å². The van der Waals surface area contributed by atoms with Gasteiger partial charge in [-0.3, -0.25) is 9.78 Å². The molecular weight excluding hydrogens is 372 g/mol. The van der Waals surface area contributed by atoms with Crippen molar-refractivity contribution in [2.45, 2.75) is 25.9 Å². The average molecular weight is 391 g/mol. The molecule has 3 nitrogen and oxygen atoms in total. The highest BCUT2D eigenvalue weighted by Gasteiger charge is 2.27. The summed E-state index contributed by atoms with van der Waals surface area (Å²) in [4.78, 5) is 16.9. The fraction of sp³-hybridized carbons (Fsp3) is 0.167. The summed E-state index contributed by atoms with van der Waals surface area (Å²) in [7, 11) is 0. The fourth-order valence-corrected chi connectivity index (χ4v) is 3.45. The van der Waals surface area contributed by atoms with Crippen LogP contribution < -0.4 is 4.74 Å². The third kappa shape index (κ3) is 3.81. The van der Waals surface area contributed by atoms with Gasteiger partial charge in [-0.25, -0.2) is 8.78 Å². The van der Waals surface area contributed by atoms with E-state index < -0.39 is 28.6 Å². The van der Waals surface area contributed by atoms with Gasteiger partial charge in [0.2, 0.25) is 0 Å². The lowest BCUT2D eigenvalue weighted by atomic mass is 9.92. The van der Waals surface area contributed by atoms with E-state index in [9.17, 15) is 13.6 Å². The number of hydrogen-bond donors (Lipinski definition) is 0. The van der Waals surface area contributed by atoms with Gasteiger partial charge in [0.1, 0.15) is 23.0 Å². The van der Waals surface area contributed by atoms with Gasteiger partial charge in [0.05, 0.1) is 11.3 Å². The number of fused-ring (bicyclic) bond motifs is 1. The van der Waals surface area contributed by atoms with Gasteiger partial charge >= 0.3 is 0 Å². The molecule has 4 rings (SSSR count). The van der Waals surface area contributed by atoms with E-state index in [-0.39, 0.29) is 6.42 Å². The number of nitrogens with zero attached hydrogens (tertiary/aromatic N) is 1. The Morgan fingerprint density at radius 2 is 1.72 bits per heavy atom. The first-order chi connectivity index (χ1) is 13.8. The number of ketones is 1. The molecule has 0 radical (unpaired) electrons. The van der Waals surface area contributed by atoms with Crippen LogP contribution in [0.3, 0.4) is 0 Å². The van der Waals surface area contributed by atoms with Crippen LogP contribution in [-0.2, 0) is 6.42 Å². The summed E-state index contributed by atoms with van der Waals surface area (Å²) in [5.74, 6) is -1.55. The molecule has 5 heteroatoms. The Bertz CT molecular complexity index is 1100. The van der Waals surface area contributed by atoms with Crippen LogP contribution in [0.1, 0.15) is 41.0 Å². The molecule has 0 spiro atoms. The number of carbonyl (C=O) groups excluding carboxylic acids is 1. The molecule has 0 bridgehead atoms. The number of Topliss-reactive ketones (excluding diaryl/α,β-unsaturated/α-hetero) is 1. The van der Waals surface area contributed by atoms with Crippen molar-refractivity contribution in [3.8, 4) is 5.75 Å². The van der Waals surface area contributed by atoms with Crippen molar-refractivity contribution < 1.29 is 18.3 Å². The maximum atomic E-state index is 13.8. The smallest absolute Gasteiger partial charge is 0.173 e. The summed E-state index contributed by atoms with van der Waals surface area (Å²) in [6.07, 6.45) is 3.45. The number of aromatic nitrogens is 1. The Kier molecular flexibility index (Phi) is 4.74. The van der Waals surface area contributed by atoms with Crippen LogP contribution in [0.2, 0.25) is 0 Å². The Labute approximate surface area is 167 Å². The lowest BCUT2D eigenvalue weighted by Gasteiger charge is -2.31. The fourth-order valence-electron chi connectivity index (χ4n) is 3.45. The van der Waals surface area contributed by atoms with E-state index >= 15 is 0 Å². The van der Waals surface area contributed by atoms with Gasteiger partial charge in [-0.05, 0) is 49.8 Å². The first kappa shape index (κ1) is 19.0. The van der Waals surface area contributed by atoms with Crippen molar-refractivity contribution in [1.82, 2.24) is 4.98 Å². The lowest BCUT2D eigenvalue weighted by Crippen LogP contribution is -2.29. The molecule has 1 aliphatic heterocycles. The highest BCUT2D eigenvalue weighted by Crippen LogP contribution is 2.38. The zero-order valence-electron chi connectivity index (χ0n) is 16.1. The summed E-state index contributed by atoms with van der Waals surface area (Å²) >= 11 is 0. The van der Waals surface area contributed by atoms with Crippen LogP contribution in [0.5, 0.6) is 5.75 Å². The van der Waals surface area contributed by atoms with Crippen molar-refractivity contribution in [3.63, 3.8) is 0 Å². The SMILES string of the molecule is CC1(C)C=C(c2ccc(CC(=O)c3c(F)cccc3F)cn2)c2ccccc2O1. The first-order valence-corrected chi connectivity index (χ1v) is 9.28. The topological polar surface area (TPSA) is 39.2 Å². The van der Waals surface area contributed by atoms with E-state index in [2.05, 4.69) is 4.98 Å². The van der Waals surface area contributed by atoms with E-state index in [0.717, 1.165) is 34.7 Å². The molecule has 0 amide bonds. The molecule has 0 saturated carbocycles. The number of halogens is 2. The largest absolute Gasteiger partial charge is 0.483 e. The number of carbonyl (C=O) groups is 1. The minimum atomic E-state index is -0.856. The molecule has 0 N–H and O–H groups in total. The van der Waals surface area contributed by atoms with Gasteiger partial charge in [0.25, 0.3) is 0 Å². The number of rotatable bonds is 4. The predicted octanol–water partition coefficient (Wildman–Crippen LogP) is 5.39. The Hall–Kier alpha value is -3.34. The van der Waals surface area contributed by atoms with Crippen LogP contribution in [0.25, 0.3) is 5.57 Å². The minimum absolute atomic E-state index is 0.130. The highest BCUT2D eigenvalue weighted by atomic mass is 19.1. The van der Waals surface area contributed by atoms with Gasteiger partial charge < -0.3 is 4.74 Å². The van der Waals surface area contributed by atoms with E-state index in [1.165, 1.54) is 6.07 Å². The van der Waals surface area contributed by atoms with Gasteiger partial charge in [-0.15, -0.1) is 0 Å². The van der Waals surface area contributed by atoms with Crippen LogP contribution in [0.4, 0.5) is 8.78 Å². The van der Waals surface area contributed by atoms with Gasteiger partial charge in [0.15, 0.2) is 5.78 Å². The Morgan fingerprint density at radius 1 is 1.00 bits per heavy atom. The second-order valence-corrected chi connectivity index (χ2v) is 7.51. The second kappa shape index (κ2) is 7.24. The third-order valence-electron chi connectivity index (χ3n) is 4.75. The van der Waals surface area contributed by atoms with Crippen molar-refractivity contribution >= 4 is 11.4 Å². The summed E-state index contributed by atoms with van der Waals surface area (Å²) in [5, 5.41) is 0. The molecule has 0 aliphatic carbocycles. The number of pyridine rings is 1. The number of benzene rings is 2. The number of ether oxygens (including phenoxy) is 1. The molecule has 0 saturated heterocycles. The zero-order chi connectivity index (χ0) is 20.6. The van der Waals surface area contributed by atoms with E-state index in [1.807, 2.05) is 50.3 Å². The highest BCUT2D eigenvalue weighted by molar-refractivity contribution is 5.98. The quantitative estimate of drug-likeness (QED) is 0.560. The number of hydrogen-bond acceptors (Lipinski definition) is 3. The summed E-state index contributed by atoms with van der Waals surface area (Å²) < 4.78 is 33.7. The molecule has 0 atom stereocenters. The normalized spacial score (nSPS) is 14.6. The molecule has 2 aromatic carbocycles. The molecule has 0 unspecified atom stereocenters. The van der Waals surface area contributed by atoms with Crippen molar-refractivity contribution in [3.05, 3.63) is 101 Å². The maximum absolute atomic E-state index is 13.8. The van der Waals surface area contributed by atoms with Crippen LogP contribution >= 0.6 is 0 Å². The van der Waals surface area contributed by atoms with Gasteiger partial charge in [-0.2, -0.15) is 0 Å². The molecule has 0 fully saturated rings. The summed E-state index contributed by atoms with van der Waals surface area (Å²) in [5.41, 5.74) is 2.21. The van der Waals surface area contributed by atoms with Gasteiger partial charge in [-0.1, -0.05) is 30.3 Å². The summed E-state index contributed by atoms with van der Waals surface area (Å²) in [6, 6.07) is 14.7. The minimum Gasteiger partial charge on any atom is -0.483 e. The summed E-state index contributed by atoms with van der Waals surface area (Å²) in [6.45, 7) is 3.94. The van der Waals surface area contributed by atoms with Crippen molar-refractivity contribution in [2.24, 2.45) is 0 Å². The lowest BCUT2D eigenvalue weighted by molar-refractivity contribution is 0.0984. The standard InChI is InChI=1S/C24H19F2NO2/c1-24(2)13-17(16-6-3-4-9-22(16)29-24)20-11-10-15(14-27-20)12-21(28)23-18(25)7-5-8-19(23)26/h3-11,13-14H,12H2,1-2H3. The van der Waals surface area contributed by atoms with Crippen molar-refractivity contribution in [2.75, 3.05) is 0 Å². The monoisotopic (exact) mass is 391 g/mol. The average Bonchev–Trinajstić information content (AvgIpc) is 2.67. The molecule has 1 aromatic heterocycles. The maximum Gasteiger partial charge on any atom is 0.173 e. The van der Waals surface area contributed by atoms with Crippen LogP contribution in [0, 0.1) is 11.6 Å². The molecule has 2 heterocycles. The zero-order valence-corrected chi connectivity index (χ0v) is 16.1. The molecule has 29 heavy (non-hydrogen) atoms. The molecule has 1 aliphatic rings. The van der Waals surface area contributed by atoms with Crippen LogP contribution in [-0.4, -0.2) is 16.4 Å². The van der Waals surface area contributed by atoms with E-state index in [4.69, 9.17) is 4.74 Å².